The topological polar surface area (TPSA) is 46.1 Å². The SMILES string of the molecule is C[C@@H](Cc1cnccn1)N(C)C(=O)c1cc2ccccc2s1. The second-order valence-corrected chi connectivity index (χ2v) is 6.40. The molecule has 0 spiro atoms. The van der Waals surface area contributed by atoms with Crippen molar-refractivity contribution in [2.24, 2.45) is 0 Å². The fourth-order valence-electron chi connectivity index (χ4n) is 2.34. The van der Waals surface area contributed by atoms with Gasteiger partial charge in [0.15, 0.2) is 0 Å². The van der Waals surface area contributed by atoms with Crippen molar-refractivity contribution >= 4 is 27.3 Å². The van der Waals surface area contributed by atoms with Crippen LogP contribution in [0.25, 0.3) is 10.1 Å². The van der Waals surface area contributed by atoms with E-state index in [4.69, 9.17) is 0 Å². The Bertz CT molecular complexity index is 752. The van der Waals surface area contributed by atoms with Crippen molar-refractivity contribution in [1.29, 1.82) is 0 Å². The first-order valence-corrected chi connectivity index (χ1v) is 7.97. The summed E-state index contributed by atoms with van der Waals surface area (Å²) in [7, 11) is 1.84. The Labute approximate surface area is 133 Å². The standard InChI is InChI=1S/C17H17N3OS/c1-12(9-14-11-18-7-8-19-14)20(2)17(21)16-10-13-5-3-4-6-15(13)22-16/h3-8,10-12H,9H2,1-2H3/t12-/m0/s1. The van der Waals surface area contributed by atoms with Crippen molar-refractivity contribution < 1.29 is 4.79 Å². The predicted molar refractivity (Wildman–Crippen MR) is 89.1 cm³/mol. The van der Waals surface area contributed by atoms with Crippen LogP contribution in [0.1, 0.15) is 22.3 Å². The Morgan fingerprint density at radius 2 is 2.14 bits per heavy atom. The normalized spacial score (nSPS) is 12.3. The number of thiophene rings is 1. The van der Waals surface area contributed by atoms with Crippen LogP contribution in [0.2, 0.25) is 0 Å². The second kappa shape index (κ2) is 6.23. The van der Waals surface area contributed by atoms with Gasteiger partial charge in [-0.25, -0.2) is 0 Å². The van der Waals surface area contributed by atoms with E-state index in [-0.39, 0.29) is 11.9 Å². The molecule has 0 radical (unpaired) electrons. The summed E-state index contributed by atoms with van der Waals surface area (Å²) < 4.78 is 1.14. The van der Waals surface area contributed by atoms with Crippen LogP contribution in [0.4, 0.5) is 0 Å². The average Bonchev–Trinajstić information content (AvgIpc) is 2.98. The smallest absolute Gasteiger partial charge is 0.263 e. The molecule has 0 aliphatic rings. The molecule has 2 aromatic heterocycles. The van der Waals surface area contributed by atoms with Gasteiger partial charge in [0.25, 0.3) is 5.91 Å². The zero-order valence-corrected chi connectivity index (χ0v) is 13.4. The van der Waals surface area contributed by atoms with Gasteiger partial charge in [-0.2, -0.15) is 0 Å². The molecule has 0 bridgehead atoms. The van der Waals surface area contributed by atoms with Crippen LogP contribution in [0.15, 0.2) is 48.9 Å². The maximum absolute atomic E-state index is 12.6. The van der Waals surface area contributed by atoms with Gasteiger partial charge >= 0.3 is 0 Å². The Morgan fingerprint density at radius 1 is 1.32 bits per heavy atom. The van der Waals surface area contributed by atoms with Crippen LogP contribution in [-0.4, -0.2) is 33.9 Å². The number of nitrogens with zero attached hydrogens (tertiary/aromatic N) is 3. The first-order valence-electron chi connectivity index (χ1n) is 7.16. The first-order chi connectivity index (χ1) is 10.6. The van der Waals surface area contributed by atoms with Gasteiger partial charge in [-0.05, 0) is 24.4 Å². The van der Waals surface area contributed by atoms with E-state index in [0.29, 0.717) is 6.42 Å². The summed E-state index contributed by atoms with van der Waals surface area (Å²) in [5.41, 5.74) is 0.894. The van der Waals surface area contributed by atoms with E-state index >= 15 is 0 Å². The Morgan fingerprint density at radius 3 is 2.86 bits per heavy atom. The Hall–Kier alpha value is -2.27. The van der Waals surface area contributed by atoms with Crippen LogP contribution in [0.5, 0.6) is 0 Å². The summed E-state index contributed by atoms with van der Waals surface area (Å²) in [6, 6.07) is 10.1. The highest BCUT2D eigenvalue weighted by atomic mass is 32.1. The molecule has 3 rings (SSSR count). The van der Waals surface area contributed by atoms with Crippen LogP contribution in [-0.2, 0) is 6.42 Å². The lowest BCUT2D eigenvalue weighted by Crippen LogP contribution is -2.36. The summed E-state index contributed by atoms with van der Waals surface area (Å²) in [6.45, 7) is 2.03. The zero-order valence-electron chi connectivity index (χ0n) is 12.6. The van der Waals surface area contributed by atoms with E-state index in [1.54, 1.807) is 23.5 Å². The lowest BCUT2D eigenvalue weighted by atomic mass is 10.1. The number of carbonyl (C=O) groups excluding carboxylic acids is 1. The van der Waals surface area contributed by atoms with Crippen LogP contribution >= 0.6 is 11.3 Å². The zero-order chi connectivity index (χ0) is 15.5. The number of rotatable bonds is 4. The van der Waals surface area contributed by atoms with E-state index in [1.165, 1.54) is 11.3 Å². The van der Waals surface area contributed by atoms with Crippen LogP contribution < -0.4 is 0 Å². The summed E-state index contributed by atoms with van der Waals surface area (Å²) in [4.78, 5) is 23.5. The largest absolute Gasteiger partial charge is 0.338 e. The first kappa shape index (κ1) is 14.7. The molecule has 0 saturated heterocycles. The van der Waals surface area contributed by atoms with Gasteiger partial charge in [0.2, 0.25) is 0 Å². The molecule has 3 aromatic rings. The highest BCUT2D eigenvalue weighted by Gasteiger charge is 2.20. The second-order valence-electron chi connectivity index (χ2n) is 5.31. The van der Waals surface area contributed by atoms with Crippen molar-refractivity contribution in [2.75, 3.05) is 7.05 Å². The Balaban J connectivity index is 1.75. The van der Waals surface area contributed by atoms with Gasteiger partial charge < -0.3 is 4.90 Å². The van der Waals surface area contributed by atoms with Gasteiger partial charge in [-0.3, -0.25) is 14.8 Å². The molecule has 0 fully saturated rings. The summed E-state index contributed by atoms with van der Waals surface area (Å²) in [5, 5.41) is 1.12. The summed E-state index contributed by atoms with van der Waals surface area (Å²) in [6.07, 6.45) is 5.77. The number of aromatic nitrogens is 2. The lowest BCUT2D eigenvalue weighted by Gasteiger charge is -2.24. The molecule has 5 heteroatoms. The highest BCUT2D eigenvalue weighted by molar-refractivity contribution is 7.20. The number of carbonyl (C=O) groups is 1. The van der Waals surface area contributed by atoms with Crippen molar-refractivity contribution in [2.45, 2.75) is 19.4 Å². The average molecular weight is 311 g/mol. The van der Waals surface area contributed by atoms with Crippen molar-refractivity contribution in [3.63, 3.8) is 0 Å². The summed E-state index contributed by atoms with van der Waals surface area (Å²) >= 11 is 1.54. The Kier molecular flexibility index (Phi) is 4.15. The molecule has 1 atom stereocenters. The molecule has 0 aliphatic carbocycles. The van der Waals surface area contributed by atoms with E-state index in [2.05, 4.69) is 9.97 Å². The van der Waals surface area contributed by atoms with Crippen molar-refractivity contribution in [3.05, 3.63) is 59.5 Å². The minimum Gasteiger partial charge on any atom is -0.338 e. The molecule has 22 heavy (non-hydrogen) atoms. The number of amides is 1. The fourth-order valence-corrected chi connectivity index (χ4v) is 3.38. The molecule has 0 aliphatic heterocycles. The van der Waals surface area contributed by atoms with Gasteiger partial charge in [0.1, 0.15) is 0 Å². The quantitative estimate of drug-likeness (QED) is 0.742. The maximum atomic E-state index is 12.6. The molecular weight excluding hydrogens is 294 g/mol. The van der Waals surface area contributed by atoms with Crippen molar-refractivity contribution in [1.82, 2.24) is 14.9 Å². The van der Waals surface area contributed by atoms with E-state index in [9.17, 15) is 4.79 Å². The molecular formula is C17H17N3OS. The van der Waals surface area contributed by atoms with E-state index in [0.717, 1.165) is 20.7 Å². The molecule has 0 saturated carbocycles. The van der Waals surface area contributed by atoms with E-state index < -0.39 is 0 Å². The van der Waals surface area contributed by atoms with Crippen molar-refractivity contribution in [3.8, 4) is 0 Å². The molecule has 2 heterocycles. The number of likely N-dealkylation sites (N-methyl/N-ethyl adjacent to an activating group) is 1. The maximum Gasteiger partial charge on any atom is 0.263 e. The van der Waals surface area contributed by atoms with Crippen LogP contribution in [0.3, 0.4) is 0 Å². The van der Waals surface area contributed by atoms with Gasteiger partial charge in [-0.15, -0.1) is 11.3 Å². The number of benzene rings is 1. The molecule has 0 N–H and O–H groups in total. The monoisotopic (exact) mass is 311 g/mol. The van der Waals surface area contributed by atoms with Gasteiger partial charge in [-0.1, -0.05) is 18.2 Å². The highest BCUT2D eigenvalue weighted by Crippen LogP contribution is 2.26. The minimum atomic E-state index is 0.0533. The molecule has 112 valence electrons. The van der Waals surface area contributed by atoms with Gasteiger partial charge in [0.05, 0.1) is 10.6 Å². The fraction of sp³-hybridized carbons (Fsp3) is 0.235. The number of fused-ring (bicyclic) bond motifs is 1. The molecule has 1 aromatic carbocycles. The third kappa shape index (κ3) is 2.99. The summed E-state index contributed by atoms with van der Waals surface area (Å²) in [5.74, 6) is 0.0533. The lowest BCUT2D eigenvalue weighted by molar-refractivity contribution is 0.0748. The molecule has 4 nitrogen and oxygen atoms in total. The van der Waals surface area contributed by atoms with Gasteiger partial charge in [0, 0.05) is 42.8 Å². The number of hydrogen-bond acceptors (Lipinski definition) is 4. The molecule has 0 unspecified atom stereocenters. The third-order valence-corrected chi connectivity index (χ3v) is 4.84. The third-order valence-electron chi connectivity index (χ3n) is 3.74. The van der Waals surface area contributed by atoms with Crippen LogP contribution in [0, 0.1) is 0 Å². The minimum absolute atomic E-state index is 0.0533. The molecule has 1 amide bonds. The number of hydrogen-bond donors (Lipinski definition) is 0. The predicted octanol–water partition coefficient (Wildman–Crippen LogP) is 3.39. The van der Waals surface area contributed by atoms with E-state index in [1.807, 2.05) is 44.3 Å².